The minimum absolute atomic E-state index is 0.0730. The van der Waals surface area contributed by atoms with Crippen LogP contribution in [-0.2, 0) is 7.05 Å². The zero-order chi connectivity index (χ0) is 18.5. The van der Waals surface area contributed by atoms with Gasteiger partial charge in [-0.05, 0) is 49.2 Å². The summed E-state index contributed by atoms with van der Waals surface area (Å²) in [6.07, 6.45) is 2.65. The van der Waals surface area contributed by atoms with Gasteiger partial charge in [-0.15, -0.1) is 0 Å². The number of nitrogens with zero attached hydrogens (tertiary/aromatic N) is 2. The van der Waals surface area contributed by atoms with E-state index in [1.807, 2.05) is 61.1 Å². The number of benzene rings is 1. The molecule has 0 unspecified atom stereocenters. The molecule has 0 bridgehead atoms. The molecule has 0 atom stereocenters. The molecule has 0 aliphatic carbocycles. The van der Waals surface area contributed by atoms with Crippen molar-refractivity contribution in [1.29, 1.82) is 0 Å². The number of carbonyl (C=O) groups excluding carboxylic acids is 1. The van der Waals surface area contributed by atoms with Crippen molar-refractivity contribution in [2.75, 3.05) is 25.5 Å². The Morgan fingerprint density at radius 3 is 2.77 bits per heavy atom. The maximum Gasteiger partial charge on any atom is 0.267 e. The Morgan fingerprint density at radius 1 is 1.19 bits per heavy atom. The third kappa shape index (κ3) is 3.96. The largest absolute Gasteiger partial charge is 0.497 e. The summed E-state index contributed by atoms with van der Waals surface area (Å²) in [7, 11) is 3.53. The fourth-order valence-corrected chi connectivity index (χ4v) is 2.84. The second-order valence-corrected chi connectivity index (χ2v) is 6.27. The number of ether oxygens (including phenoxy) is 1. The van der Waals surface area contributed by atoms with Crippen molar-refractivity contribution in [3.63, 3.8) is 0 Å². The van der Waals surface area contributed by atoms with E-state index in [1.54, 1.807) is 7.11 Å². The molecule has 0 aliphatic rings. The summed E-state index contributed by atoms with van der Waals surface area (Å²) in [5.41, 5.74) is 2.78. The number of hydrogen-bond donors (Lipinski definition) is 2. The number of aryl methyl sites for hydroxylation is 2. The number of carbonyl (C=O) groups is 1. The lowest BCUT2D eigenvalue weighted by atomic mass is 10.2. The summed E-state index contributed by atoms with van der Waals surface area (Å²) >= 11 is 0. The minimum atomic E-state index is -0.0730. The summed E-state index contributed by atoms with van der Waals surface area (Å²) in [5, 5.41) is 7.21. The topological polar surface area (TPSA) is 68.2 Å². The molecule has 26 heavy (non-hydrogen) atoms. The number of anilines is 1. The van der Waals surface area contributed by atoms with Crippen LogP contribution in [0.3, 0.4) is 0 Å². The van der Waals surface area contributed by atoms with E-state index in [1.165, 1.54) is 0 Å². The fourth-order valence-electron chi connectivity index (χ4n) is 2.84. The van der Waals surface area contributed by atoms with Crippen LogP contribution in [0.5, 0.6) is 5.75 Å². The van der Waals surface area contributed by atoms with Crippen molar-refractivity contribution < 1.29 is 9.53 Å². The molecule has 3 aromatic rings. The van der Waals surface area contributed by atoms with Crippen molar-refractivity contribution in [2.45, 2.75) is 13.3 Å². The van der Waals surface area contributed by atoms with Crippen LogP contribution in [0.4, 0.5) is 5.82 Å². The van der Waals surface area contributed by atoms with E-state index in [9.17, 15) is 4.79 Å². The van der Waals surface area contributed by atoms with E-state index in [-0.39, 0.29) is 5.91 Å². The van der Waals surface area contributed by atoms with Gasteiger partial charge in [-0.25, -0.2) is 4.98 Å². The van der Waals surface area contributed by atoms with E-state index < -0.39 is 0 Å². The van der Waals surface area contributed by atoms with Crippen molar-refractivity contribution in [2.24, 2.45) is 7.05 Å². The lowest BCUT2D eigenvalue weighted by Gasteiger charge is -2.08. The molecule has 0 spiro atoms. The molecule has 2 heterocycles. The smallest absolute Gasteiger partial charge is 0.267 e. The van der Waals surface area contributed by atoms with Gasteiger partial charge in [0.1, 0.15) is 17.3 Å². The second-order valence-electron chi connectivity index (χ2n) is 6.27. The number of methoxy groups -OCH3 is 1. The molecule has 0 fully saturated rings. The van der Waals surface area contributed by atoms with Crippen LogP contribution in [0.15, 0.2) is 42.6 Å². The van der Waals surface area contributed by atoms with Gasteiger partial charge in [-0.1, -0.05) is 6.07 Å². The van der Waals surface area contributed by atoms with Crippen LogP contribution in [0.1, 0.15) is 22.5 Å². The zero-order valence-electron chi connectivity index (χ0n) is 15.4. The van der Waals surface area contributed by atoms with Gasteiger partial charge in [-0.2, -0.15) is 0 Å². The molecular weight excluding hydrogens is 328 g/mol. The Morgan fingerprint density at radius 2 is 2.04 bits per heavy atom. The summed E-state index contributed by atoms with van der Waals surface area (Å²) in [5.74, 6) is 1.56. The summed E-state index contributed by atoms with van der Waals surface area (Å²) in [6.45, 7) is 3.36. The van der Waals surface area contributed by atoms with Gasteiger partial charge in [0, 0.05) is 37.2 Å². The highest BCUT2D eigenvalue weighted by molar-refractivity contribution is 5.99. The lowest BCUT2D eigenvalue weighted by Crippen LogP contribution is -2.27. The molecule has 1 aromatic carbocycles. The highest BCUT2D eigenvalue weighted by Gasteiger charge is 2.13. The van der Waals surface area contributed by atoms with Crippen LogP contribution < -0.4 is 15.4 Å². The van der Waals surface area contributed by atoms with Gasteiger partial charge < -0.3 is 19.9 Å². The molecule has 0 radical (unpaired) electrons. The van der Waals surface area contributed by atoms with Gasteiger partial charge >= 0.3 is 0 Å². The molecule has 3 rings (SSSR count). The van der Waals surface area contributed by atoms with Crippen LogP contribution in [-0.4, -0.2) is 35.7 Å². The van der Waals surface area contributed by atoms with E-state index in [4.69, 9.17) is 4.74 Å². The number of rotatable bonds is 7. The second kappa shape index (κ2) is 7.91. The molecule has 2 aromatic heterocycles. The van der Waals surface area contributed by atoms with Gasteiger partial charge in [0.15, 0.2) is 0 Å². The Labute approximate surface area is 153 Å². The zero-order valence-corrected chi connectivity index (χ0v) is 15.4. The van der Waals surface area contributed by atoms with Crippen LogP contribution in [0, 0.1) is 6.92 Å². The predicted molar refractivity (Wildman–Crippen MR) is 104 cm³/mol. The van der Waals surface area contributed by atoms with Gasteiger partial charge in [0.05, 0.1) is 7.11 Å². The first kappa shape index (κ1) is 17.8. The molecule has 1 amide bonds. The number of nitrogens with one attached hydrogen (secondary N) is 2. The SMILES string of the molecule is COc1ccc2c(c1)cc(C(=O)NCCCNc1ccc(C)cn1)n2C. The maximum atomic E-state index is 12.5. The van der Waals surface area contributed by atoms with E-state index in [0.29, 0.717) is 12.2 Å². The fraction of sp³-hybridized carbons (Fsp3) is 0.300. The summed E-state index contributed by atoms with van der Waals surface area (Å²) in [4.78, 5) is 16.8. The quantitative estimate of drug-likeness (QED) is 0.641. The van der Waals surface area contributed by atoms with Gasteiger partial charge in [0.25, 0.3) is 5.91 Å². The first-order valence-electron chi connectivity index (χ1n) is 8.66. The Balaban J connectivity index is 1.52. The summed E-state index contributed by atoms with van der Waals surface area (Å²) in [6, 6.07) is 11.7. The van der Waals surface area contributed by atoms with E-state index >= 15 is 0 Å². The van der Waals surface area contributed by atoms with E-state index in [0.717, 1.165) is 41.0 Å². The molecule has 6 nitrogen and oxygen atoms in total. The Kier molecular flexibility index (Phi) is 5.41. The number of pyridine rings is 1. The molecule has 136 valence electrons. The number of amides is 1. The lowest BCUT2D eigenvalue weighted by molar-refractivity contribution is 0.0946. The highest BCUT2D eigenvalue weighted by Crippen LogP contribution is 2.23. The standard InChI is InChI=1S/C20H24N4O2/c1-14-5-8-19(23-13-14)21-9-4-10-22-20(25)18-12-15-11-16(26-3)6-7-17(15)24(18)2/h5-8,11-13H,4,9-10H2,1-3H3,(H,21,23)(H,22,25). The van der Waals surface area contributed by atoms with E-state index in [2.05, 4.69) is 15.6 Å². The molecule has 0 aliphatic heterocycles. The van der Waals surface area contributed by atoms with Gasteiger partial charge in [-0.3, -0.25) is 4.79 Å². The Hall–Kier alpha value is -3.02. The van der Waals surface area contributed by atoms with Crippen LogP contribution in [0.2, 0.25) is 0 Å². The Bertz CT molecular complexity index is 900. The first-order valence-corrected chi connectivity index (χ1v) is 8.66. The molecule has 0 saturated heterocycles. The average molecular weight is 352 g/mol. The summed E-state index contributed by atoms with van der Waals surface area (Å²) < 4.78 is 7.15. The monoisotopic (exact) mass is 352 g/mol. The average Bonchev–Trinajstić information content (AvgIpc) is 2.99. The normalized spacial score (nSPS) is 10.7. The third-order valence-electron chi connectivity index (χ3n) is 4.34. The highest BCUT2D eigenvalue weighted by atomic mass is 16.5. The maximum absolute atomic E-state index is 12.5. The predicted octanol–water partition coefficient (Wildman–Crippen LogP) is 3.12. The molecule has 0 saturated carbocycles. The van der Waals surface area contributed by atoms with Gasteiger partial charge in [0.2, 0.25) is 0 Å². The molecule has 6 heteroatoms. The van der Waals surface area contributed by atoms with Crippen molar-refractivity contribution in [3.8, 4) is 5.75 Å². The molecular formula is C20H24N4O2. The minimum Gasteiger partial charge on any atom is -0.497 e. The van der Waals surface area contributed by atoms with Crippen LogP contribution in [0.25, 0.3) is 10.9 Å². The third-order valence-corrected chi connectivity index (χ3v) is 4.34. The van der Waals surface area contributed by atoms with Crippen molar-refractivity contribution >= 4 is 22.6 Å². The number of aromatic nitrogens is 2. The van der Waals surface area contributed by atoms with Crippen molar-refractivity contribution in [3.05, 3.63) is 53.9 Å². The number of hydrogen-bond acceptors (Lipinski definition) is 4. The van der Waals surface area contributed by atoms with Crippen molar-refractivity contribution in [1.82, 2.24) is 14.9 Å². The molecule has 2 N–H and O–H groups in total. The number of fused-ring (bicyclic) bond motifs is 1. The van der Waals surface area contributed by atoms with Crippen LogP contribution >= 0.6 is 0 Å². The first-order chi connectivity index (χ1) is 12.6.